The Labute approximate surface area is 142 Å². The van der Waals surface area contributed by atoms with Gasteiger partial charge in [0.15, 0.2) is 11.5 Å². The molecule has 0 aliphatic carbocycles. The second kappa shape index (κ2) is 7.14. The van der Waals surface area contributed by atoms with E-state index in [1.807, 2.05) is 17.5 Å². The second-order valence-electron chi connectivity index (χ2n) is 4.70. The van der Waals surface area contributed by atoms with Crippen molar-refractivity contribution in [3.8, 4) is 22.3 Å². The van der Waals surface area contributed by atoms with E-state index in [1.54, 1.807) is 18.2 Å². The van der Waals surface area contributed by atoms with Crippen molar-refractivity contribution in [3.05, 3.63) is 47.2 Å². The highest BCUT2D eigenvalue weighted by Gasteiger charge is 2.17. The molecule has 0 bridgehead atoms. The van der Waals surface area contributed by atoms with E-state index in [-0.39, 0.29) is 12.5 Å². The molecule has 24 heavy (non-hydrogen) atoms. The molecule has 0 fully saturated rings. The van der Waals surface area contributed by atoms with Gasteiger partial charge in [-0.05, 0) is 23.6 Å². The van der Waals surface area contributed by atoms with Crippen LogP contribution in [0.2, 0.25) is 0 Å². The first-order valence-corrected chi connectivity index (χ1v) is 7.96. The van der Waals surface area contributed by atoms with E-state index in [9.17, 15) is 4.79 Å². The Morgan fingerprint density at radius 1 is 1.21 bits per heavy atom. The van der Waals surface area contributed by atoms with Crippen molar-refractivity contribution >= 4 is 17.2 Å². The van der Waals surface area contributed by atoms with Crippen LogP contribution >= 0.6 is 11.3 Å². The lowest BCUT2D eigenvalue weighted by Gasteiger charge is -2.11. The van der Waals surface area contributed by atoms with Gasteiger partial charge in [0, 0.05) is 0 Å². The molecule has 3 rings (SSSR count). The molecular formula is C16H15N3O4S. The quantitative estimate of drug-likeness (QED) is 0.739. The molecule has 1 amide bonds. The van der Waals surface area contributed by atoms with Crippen LogP contribution in [-0.4, -0.2) is 30.3 Å². The maximum atomic E-state index is 12.4. The van der Waals surface area contributed by atoms with Gasteiger partial charge < -0.3 is 19.2 Å². The molecule has 124 valence electrons. The van der Waals surface area contributed by atoms with Crippen LogP contribution in [0.3, 0.4) is 0 Å². The van der Waals surface area contributed by atoms with Crippen LogP contribution in [0.25, 0.3) is 10.8 Å². The predicted octanol–water partition coefficient (Wildman–Crippen LogP) is 2.75. The van der Waals surface area contributed by atoms with Crippen LogP contribution in [0.15, 0.2) is 40.1 Å². The van der Waals surface area contributed by atoms with Gasteiger partial charge in [-0.3, -0.25) is 4.79 Å². The highest BCUT2D eigenvalue weighted by atomic mass is 32.1. The number of amides is 1. The van der Waals surface area contributed by atoms with Crippen molar-refractivity contribution in [2.24, 2.45) is 0 Å². The number of rotatable bonds is 6. The number of para-hydroxylation sites is 1. The molecule has 2 aromatic heterocycles. The molecule has 0 spiro atoms. The van der Waals surface area contributed by atoms with Crippen molar-refractivity contribution in [3.63, 3.8) is 0 Å². The molecule has 8 heteroatoms. The summed E-state index contributed by atoms with van der Waals surface area (Å²) in [5.74, 6) is 1.31. The van der Waals surface area contributed by atoms with E-state index < -0.39 is 0 Å². The number of nitrogens with zero attached hydrogens (tertiary/aromatic N) is 2. The molecule has 0 saturated heterocycles. The van der Waals surface area contributed by atoms with E-state index in [4.69, 9.17) is 13.9 Å². The Hall–Kier alpha value is -2.87. The smallest absolute Gasteiger partial charge is 0.257 e. The number of hydrogen-bond donors (Lipinski definition) is 1. The Morgan fingerprint density at radius 3 is 2.79 bits per heavy atom. The van der Waals surface area contributed by atoms with Gasteiger partial charge in [-0.25, -0.2) is 0 Å². The lowest BCUT2D eigenvalue weighted by Crippen LogP contribution is -2.23. The van der Waals surface area contributed by atoms with Crippen molar-refractivity contribution in [2.45, 2.75) is 6.54 Å². The summed E-state index contributed by atoms with van der Waals surface area (Å²) in [7, 11) is 3.00. The SMILES string of the molecule is COc1cccc(C(=O)NCc2nnc(-c3cccs3)o2)c1OC. The third-order valence-corrected chi connectivity index (χ3v) is 4.10. The maximum Gasteiger partial charge on any atom is 0.257 e. The predicted molar refractivity (Wildman–Crippen MR) is 88.3 cm³/mol. The van der Waals surface area contributed by atoms with Gasteiger partial charge in [-0.2, -0.15) is 0 Å². The fourth-order valence-electron chi connectivity index (χ4n) is 2.14. The Bertz CT molecular complexity index is 830. The lowest BCUT2D eigenvalue weighted by molar-refractivity contribution is 0.0943. The number of hydrogen-bond acceptors (Lipinski definition) is 7. The highest BCUT2D eigenvalue weighted by molar-refractivity contribution is 7.13. The van der Waals surface area contributed by atoms with Crippen molar-refractivity contribution in [2.75, 3.05) is 14.2 Å². The van der Waals surface area contributed by atoms with Crippen LogP contribution in [0, 0.1) is 0 Å². The van der Waals surface area contributed by atoms with Gasteiger partial charge in [0.1, 0.15) is 0 Å². The summed E-state index contributed by atoms with van der Waals surface area (Å²) in [5.41, 5.74) is 0.370. The number of methoxy groups -OCH3 is 2. The number of benzene rings is 1. The minimum absolute atomic E-state index is 0.123. The first-order valence-electron chi connectivity index (χ1n) is 7.08. The zero-order valence-corrected chi connectivity index (χ0v) is 13.9. The molecule has 2 heterocycles. The normalized spacial score (nSPS) is 10.4. The number of carbonyl (C=O) groups excluding carboxylic acids is 1. The summed E-state index contributed by atoms with van der Waals surface area (Å²) in [6.07, 6.45) is 0. The molecule has 0 radical (unpaired) electrons. The van der Waals surface area contributed by atoms with Crippen molar-refractivity contribution < 1.29 is 18.7 Å². The van der Waals surface area contributed by atoms with E-state index in [1.165, 1.54) is 25.6 Å². The van der Waals surface area contributed by atoms with E-state index in [2.05, 4.69) is 15.5 Å². The van der Waals surface area contributed by atoms with Gasteiger partial charge in [0.25, 0.3) is 11.8 Å². The topological polar surface area (TPSA) is 86.5 Å². The summed E-state index contributed by atoms with van der Waals surface area (Å²) in [6, 6.07) is 8.89. The summed E-state index contributed by atoms with van der Waals surface area (Å²) in [6.45, 7) is 0.123. The van der Waals surface area contributed by atoms with E-state index in [0.29, 0.717) is 28.8 Å². The molecule has 3 aromatic rings. The zero-order valence-electron chi connectivity index (χ0n) is 13.1. The second-order valence-corrected chi connectivity index (χ2v) is 5.65. The van der Waals surface area contributed by atoms with E-state index >= 15 is 0 Å². The first kappa shape index (κ1) is 16.0. The van der Waals surface area contributed by atoms with Crippen molar-refractivity contribution in [1.82, 2.24) is 15.5 Å². The van der Waals surface area contributed by atoms with Crippen LogP contribution < -0.4 is 14.8 Å². The third-order valence-electron chi connectivity index (χ3n) is 3.25. The first-order chi connectivity index (χ1) is 11.7. The van der Waals surface area contributed by atoms with Gasteiger partial charge >= 0.3 is 0 Å². The van der Waals surface area contributed by atoms with E-state index in [0.717, 1.165) is 4.88 Å². The molecular weight excluding hydrogens is 330 g/mol. The molecule has 0 aliphatic rings. The Kier molecular flexibility index (Phi) is 4.76. The monoisotopic (exact) mass is 345 g/mol. The number of ether oxygens (including phenoxy) is 2. The van der Waals surface area contributed by atoms with Crippen LogP contribution in [0.1, 0.15) is 16.2 Å². The summed E-state index contributed by atoms with van der Waals surface area (Å²) in [5, 5.41) is 12.6. The average molecular weight is 345 g/mol. The number of nitrogens with one attached hydrogen (secondary N) is 1. The average Bonchev–Trinajstić information content (AvgIpc) is 3.29. The third kappa shape index (κ3) is 3.23. The van der Waals surface area contributed by atoms with Gasteiger partial charge in [0.05, 0.1) is 31.2 Å². The van der Waals surface area contributed by atoms with Crippen LogP contribution in [0.5, 0.6) is 11.5 Å². The standard InChI is InChI=1S/C16H15N3O4S/c1-21-11-6-3-5-10(14(11)22-2)15(20)17-9-13-18-19-16(23-13)12-7-4-8-24-12/h3-8H,9H2,1-2H3,(H,17,20). The molecule has 0 unspecified atom stereocenters. The summed E-state index contributed by atoms with van der Waals surface area (Å²) >= 11 is 1.51. The number of thiophene rings is 1. The highest BCUT2D eigenvalue weighted by Crippen LogP contribution is 2.30. The minimum Gasteiger partial charge on any atom is -0.493 e. The number of carbonyl (C=O) groups is 1. The molecule has 0 atom stereocenters. The van der Waals surface area contributed by atoms with Gasteiger partial charge in [-0.15, -0.1) is 21.5 Å². The van der Waals surface area contributed by atoms with Gasteiger partial charge in [-0.1, -0.05) is 12.1 Å². The lowest BCUT2D eigenvalue weighted by atomic mass is 10.1. The molecule has 0 aliphatic heterocycles. The van der Waals surface area contributed by atoms with Gasteiger partial charge in [0.2, 0.25) is 5.89 Å². The summed E-state index contributed by atoms with van der Waals surface area (Å²) < 4.78 is 16.0. The maximum absolute atomic E-state index is 12.4. The molecule has 1 N–H and O–H groups in total. The molecule has 1 aromatic carbocycles. The van der Waals surface area contributed by atoms with Crippen LogP contribution in [-0.2, 0) is 6.54 Å². The fraction of sp³-hybridized carbons (Fsp3) is 0.188. The Morgan fingerprint density at radius 2 is 2.08 bits per heavy atom. The zero-order chi connectivity index (χ0) is 16.9. The summed E-state index contributed by atoms with van der Waals surface area (Å²) in [4.78, 5) is 13.3. The largest absolute Gasteiger partial charge is 0.493 e. The molecule has 7 nitrogen and oxygen atoms in total. The molecule has 0 saturated carbocycles. The number of aromatic nitrogens is 2. The van der Waals surface area contributed by atoms with Crippen molar-refractivity contribution in [1.29, 1.82) is 0 Å². The minimum atomic E-state index is -0.318. The Balaban J connectivity index is 1.70. The van der Waals surface area contributed by atoms with Crippen LogP contribution in [0.4, 0.5) is 0 Å². The fourth-order valence-corrected chi connectivity index (χ4v) is 2.79.